The van der Waals surface area contributed by atoms with Crippen LogP contribution in [0.5, 0.6) is 11.5 Å². The maximum Gasteiger partial charge on any atom is 0.406 e. The molecule has 2 N–H and O–H groups in total. The average molecular weight is 554 g/mol. The molecule has 0 saturated carbocycles. The molecule has 0 unspecified atom stereocenters. The van der Waals surface area contributed by atoms with Crippen molar-refractivity contribution in [1.29, 1.82) is 0 Å². The molecule has 30 heavy (non-hydrogen) atoms. The first-order chi connectivity index (χ1) is 13.6. The number of amides is 1. The lowest BCUT2D eigenvalue weighted by atomic mass is 10.2. The topological polar surface area (TPSA) is 75.2 Å². The maximum atomic E-state index is 12.7. The van der Waals surface area contributed by atoms with Crippen molar-refractivity contribution in [3.8, 4) is 11.5 Å². The number of guanidine groups is 1. The molecule has 0 aliphatic heterocycles. The molecule has 0 radical (unpaired) electrons. The Hall–Kier alpha value is -2.06. The molecular weight excluding hydrogens is 530 g/mol. The van der Waals surface area contributed by atoms with E-state index in [2.05, 4.69) is 20.4 Å². The molecule has 0 bridgehead atoms. The first-order valence-electron chi connectivity index (χ1n) is 8.52. The number of nitrogens with zero attached hydrogens (tertiary/aromatic N) is 2. The van der Waals surface area contributed by atoms with Gasteiger partial charge in [0.25, 0.3) is 0 Å². The second-order valence-corrected chi connectivity index (χ2v) is 5.70. The van der Waals surface area contributed by atoms with Crippen LogP contribution in [0.1, 0.15) is 12.5 Å². The van der Waals surface area contributed by atoms with E-state index in [-0.39, 0.29) is 54.6 Å². The summed E-state index contributed by atoms with van der Waals surface area (Å²) in [5.74, 6) is -0.721. The third-order valence-corrected chi connectivity index (χ3v) is 3.49. The number of halogens is 6. The Bertz CT molecular complexity index is 704. The van der Waals surface area contributed by atoms with Gasteiger partial charge < -0.3 is 25.0 Å². The van der Waals surface area contributed by atoms with Crippen molar-refractivity contribution in [2.24, 2.45) is 4.99 Å². The zero-order valence-electron chi connectivity index (χ0n) is 16.6. The minimum absolute atomic E-state index is 0. The molecule has 0 saturated heterocycles. The first-order valence-corrected chi connectivity index (χ1v) is 8.52. The molecule has 1 aromatic carbocycles. The fourth-order valence-corrected chi connectivity index (χ4v) is 2.24. The number of benzene rings is 1. The summed E-state index contributed by atoms with van der Waals surface area (Å²) >= 11 is 0. The van der Waals surface area contributed by atoms with Gasteiger partial charge in [0.1, 0.15) is 6.54 Å². The molecule has 0 atom stereocenters. The molecule has 1 aromatic rings. The predicted octanol–water partition coefficient (Wildman–Crippen LogP) is 2.99. The van der Waals surface area contributed by atoms with Crippen LogP contribution in [-0.2, 0) is 11.3 Å². The van der Waals surface area contributed by atoms with Crippen LogP contribution in [0.25, 0.3) is 0 Å². The first kappa shape index (κ1) is 27.9. The largest absolute Gasteiger partial charge is 0.490 e. The minimum Gasteiger partial charge on any atom is -0.490 e. The number of para-hydroxylation sites is 1. The lowest BCUT2D eigenvalue weighted by Gasteiger charge is -2.20. The highest BCUT2D eigenvalue weighted by Crippen LogP contribution is 2.32. The van der Waals surface area contributed by atoms with Crippen LogP contribution >= 0.6 is 24.0 Å². The Morgan fingerprint density at radius 2 is 1.93 bits per heavy atom. The van der Waals surface area contributed by atoms with Crippen molar-refractivity contribution in [3.63, 3.8) is 0 Å². The van der Waals surface area contributed by atoms with Crippen LogP contribution in [0.4, 0.5) is 22.0 Å². The normalized spacial score (nSPS) is 11.6. The number of ether oxygens (including phenoxy) is 2. The van der Waals surface area contributed by atoms with Gasteiger partial charge in [-0.25, -0.2) is 0 Å². The molecule has 1 amide bonds. The Morgan fingerprint density at radius 1 is 1.27 bits per heavy atom. The van der Waals surface area contributed by atoms with Crippen LogP contribution in [0.15, 0.2) is 23.2 Å². The van der Waals surface area contributed by atoms with Gasteiger partial charge in [0.15, 0.2) is 17.5 Å². The lowest BCUT2D eigenvalue weighted by Crippen LogP contribution is -2.45. The Kier molecular flexibility index (Phi) is 12.4. The van der Waals surface area contributed by atoms with E-state index in [1.165, 1.54) is 19.2 Å². The Balaban J connectivity index is 0.00000841. The number of likely N-dealkylation sites (N-methyl/N-ethyl adjacent to an activating group) is 1. The average Bonchev–Trinajstić information content (AvgIpc) is 2.62. The summed E-state index contributed by atoms with van der Waals surface area (Å²) in [6, 6.07) is 4.60. The highest BCUT2D eigenvalue weighted by Gasteiger charge is 2.31. The van der Waals surface area contributed by atoms with Gasteiger partial charge in [-0.2, -0.15) is 22.0 Å². The number of nitrogens with one attached hydrogen (secondary N) is 2. The van der Waals surface area contributed by atoms with E-state index in [0.717, 1.165) is 7.05 Å². The molecule has 0 aliphatic carbocycles. The summed E-state index contributed by atoms with van der Waals surface area (Å²) in [7, 11) is 2.41. The van der Waals surface area contributed by atoms with Crippen LogP contribution in [-0.4, -0.2) is 63.3 Å². The summed E-state index contributed by atoms with van der Waals surface area (Å²) in [4.78, 5) is 16.1. The van der Waals surface area contributed by atoms with Crippen LogP contribution < -0.4 is 20.1 Å². The quantitative estimate of drug-likeness (QED) is 0.213. The maximum absolute atomic E-state index is 12.7. The molecule has 0 spiro atoms. The fraction of sp³-hybridized carbons (Fsp3) is 0.529. The zero-order valence-corrected chi connectivity index (χ0v) is 18.9. The standard InChI is InChI=1S/C17H23F5N4O3.HI/c1-4-28-12-7-5-6-11(14(12)29-15(18)19)8-24-16(23-2)25-9-13(27)26(3)10-17(20,21)22;/h5-7,15H,4,8-10H2,1-3H3,(H2,23,24,25);1H. The monoisotopic (exact) mass is 554 g/mol. The van der Waals surface area contributed by atoms with Crippen molar-refractivity contribution >= 4 is 35.8 Å². The number of carbonyl (C=O) groups is 1. The van der Waals surface area contributed by atoms with Crippen molar-refractivity contribution in [2.45, 2.75) is 26.3 Å². The molecule has 1 rings (SSSR count). The summed E-state index contributed by atoms with van der Waals surface area (Å²) < 4.78 is 72.3. The van der Waals surface area contributed by atoms with Gasteiger partial charge in [-0.3, -0.25) is 9.79 Å². The van der Waals surface area contributed by atoms with Crippen molar-refractivity contribution in [3.05, 3.63) is 23.8 Å². The molecule has 7 nitrogen and oxygen atoms in total. The third kappa shape index (κ3) is 10.1. The third-order valence-electron chi connectivity index (χ3n) is 3.49. The zero-order chi connectivity index (χ0) is 22.0. The highest BCUT2D eigenvalue weighted by atomic mass is 127. The van der Waals surface area contributed by atoms with Crippen molar-refractivity contribution < 1.29 is 36.2 Å². The number of aliphatic imine (C=N–C) groups is 1. The number of hydrogen-bond donors (Lipinski definition) is 2. The van der Waals surface area contributed by atoms with Crippen molar-refractivity contribution in [1.82, 2.24) is 15.5 Å². The highest BCUT2D eigenvalue weighted by molar-refractivity contribution is 14.0. The summed E-state index contributed by atoms with van der Waals surface area (Å²) in [6.07, 6.45) is -4.50. The predicted molar refractivity (Wildman–Crippen MR) is 112 cm³/mol. The van der Waals surface area contributed by atoms with Gasteiger partial charge in [-0.1, -0.05) is 12.1 Å². The van der Waals surface area contributed by atoms with Gasteiger partial charge in [-0.05, 0) is 13.0 Å². The SMILES string of the molecule is CCOc1cccc(CNC(=NC)NCC(=O)N(C)CC(F)(F)F)c1OC(F)F.I. The van der Waals surface area contributed by atoms with E-state index >= 15 is 0 Å². The molecule has 172 valence electrons. The van der Waals surface area contributed by atoms with Gasteiger partial charge in [0, 0.05) is 26.2 Å². The number of hydrogen-bond acceptors (Lipinski definition) is 4. The fourth-order valence-electron chi connectivity index (χ4n) is 2.24. The summed E-state index contributed by atoms with van der Waals surface area (Å²) in [6.45, 7) is -2.96. The second-order valence-electron chi connectivity index (χ2n) is 5.70. The molecule has 0 heterocycles. The number of carbonyl (C=O) groups excluding carboxylic acids is 1. The molecule has 0 aliphatic rings. The molecule has 0 aromatic heterocycles. The Labute approximate surface area is 188 Å². The van der Waals surface area contributed by atoms with Gasteiger partial charge >= 0.3 is 12.8 Å². The van der Waals surface area contributed by atoms with E-state index in [9.17, 15) is 26.7 Å². The number of rotatable bonds is 9. The summed E-state index contributed by atoms with van der Waals surface area (Å²) in [5.41, 5.74) is 0.333. The van der Waals surface area contributed by atoms with Crippen LogP contribution in [0.3, 0.4) is 0 Å². The second kappa shape index (κ2) is 13.3. The van der Waals surface area contributed by atoms with Crippen LogP contribution in [0, 0.1) is 0 Å². The Morgan fingerprint density at radius 3 is 2.47 bits per heavy atom. The van der Waals surface area contributed by atoms with E-state index in [1.807, 2.05) is 0 Å². The minimum atomic E-state index is -4.50. The summed E-state index contributed by atoms with van der Waals surface area (Å²) in [5, 5.41) is 5.34. The van der Waals surface area contributed by atoms with Gasteiger partial charge in [0.2, 0.25) is 5.91 Å². The van der Waals surface area contributed by atoms with E-state index in [4.69, 9.17) is 4.74 Å². The van der Waals surface area contributed by atoms with Gasteiger partial charge in [0.05, 0.1) is 13.2 Å². The van der Waals surface area contributed by atoms with Crippen LogP contribution in [0.2, 0.25) is 0 Å². The molecular formula is C17H24F5IN4O3. The molecule has 0 fully saturated rings. The van der Waals surface area contributed by atoms with E-state index < -0.39 is 31.8 Å². The number of alkyl halides is 5. The molecule has 13 heteroatoms. The van der Waals surface area contributed by atoms with Gasteiger partial charge in [-0.15, -0.1) is 24.0 Å². The van der Waals surface area contributed by atoms with E-state index in [0.29, 0.717) is 10.5 Å². The van der Waals surface area contributed by atoms with E-state index in [1.54, 1.807) is 13.0 Å². The van der Waals surface area contributed by atoms with Crippen molar-refractivity contribution in [2.75, 3.05) is 33.8 Å². The lowest BCUT2D eigenvalue weighted by molar-refractivity contribution is -0.157. The smallest absolute Gasteiger partial charge is 0.406 e.